The summed E-state index contributed by atoms with van der Waals surface area (Å²) in [5.74, 6) is 0.194. The summed E-state index contributed by atoms with van der Waals surface area (Å²) in [6, 6.07) is 8.09. The molecule has 1 aromatic heterocycles. The molecule has 0 saturated heterocycles. The molecule has 3 rings (SSSR count). The number of carbonyl (C=O) groups is 1. The van der Waals surface area contributed by atoms with Crippen LogP contribution in [0.25, 0.3) is 16.6 Å². The predicted octanol–water partition coefficient (Wildman–Crippen LogP) is 2.07. The molecule has 0 amide bonds. The van der Waals surface area contributed by atoms with Gasteiger partial charge in [0.2, 0.25) is 0 Å². The number of ketones is 1. The quantitative estimate of drug-likeness (QED) is 0.760. The number of aromatic nitrogens is 1. The normalized spacial score (nSPS) is 16.0. The van der Waals surface area contributed by atoms with E-state index in [1.165, 1.54) is 0 Å². The van der Waals surface area contributed by atoms with Gasteiger partial charge in [0.1, 0.15) is 0 Å². The number of hydrogen-bond donors (Lipinski definition) is 2. The summed E-state index contributed by atoms with van der Waals surface area (Å²) in [6.07, 6.45) is 4.23. The van der Waals surface area contributed by atoms with Crippen LogP contribution in [-0.4, -0.2) is 17.3 Å². The maximum absolute atomic E-state index is 11.4. The van der Waals surface area contributed by atoms with E-state index in [2.05, 4.69) is 16.4 Å². The molecule has 1 aliphatic heterocycles. The van der Waals surface area contributed by atoms with Crippen molar-refractivity contribution >= 4 is 22.4 Å². The maximum atomic E-state index is 11.4. The minimum absolute atomic E-state index is 0.194. The lowest BCUT2D eigenvalue weighted by Gasteiger charge is -2.14. The van der Waals surface area contributed by atoms with Crippen LogP contribution in [0.3, 0.4) is 0 Å². The van der Waals surface area contributed by atoms with E-state index in [1.54, 1.807) is 6.08 Å². The summed E-state index contributed by atoms with van der Waals surface area (Å²) in [4.78, 5) is 14.6. The van der Waals surface area contributed by atoms with Gasteiger partial charge in [-0.05, 0) is 6.07 Å². The molecule has 3 heteroatoms. The van der Waals surface area contributed by atoms with Crippen LogP contribution in [0.15, 0.2) is 36.5 Å². The summed E-state index contributed by atoms with van der Waals surface area (Å²) >= 11 is 0. The number of carbonyl (C=O) groups excluding carboxylic acids is 1. The molecular weight excluding hydrogens is 200 g/mol. The Balaban J connectivity index is 2.15. The van der Waals surface area contributed by atoms with E-state index >= 15 is 0 Å². The zero-order valence-electron chi connectivity index (χ0n) is 8.79. The molecule has 0 aliphatic carbocycles. The topological polar surface area (TPSA) is 44.9 Å². The van der Waals surface area contributed by atoms with E-state index in [9.17, 15) is 4.79 Å². The van der Waals surface area contributed by atoms with E-state index in [1.807, 2.05) is 24.4 Å². The van der Waals surface area contributed by atoms with E-state index in [0.29, 0.717) is 6.42 Å². The Hall–Kier alpha value is -2.03. The van der Waals surface area contributed by atoms with Crippen molar-refractivity contribution in [3.63, 3.8) is 0 Å². The molecule has 0 fully saturated rings. The van der Waals surface area contributed by atoms with Crippen molar-refractivity contribution in [1.82, 2.24) is 10.3 Å². The van der Waals surface area contributed by atoms with E-state index in [-0.39, 0.29) is 5.78 Å². The molecule has 0 unspecified atom stereocenters. The molecule has 0 atom stereocenters. The minimum atomic E-state index is 0.194. The third-order valence-corrected chi connectivity index (χ3v) is 2.87. The molecule has 0 saturated carbocycles. The number of fused-ring (bicyclic) bond motifs is 1. The van der Waals surface area contributed by atoms with Crippen LogP contribution in [0.2, 0.25) is 0 Å². The zero-order chi connectivity index (χ0) is 11.0. The molecular formula is C13H12N2O. The van der Waals surface area contributed by atoms with Gasteiger partial charge in [0, 0.05) is 47.4 Å². The zero-order valence-corrected chi connectivity index (χ0v) is 8.79. The fourth-order valence-corrected chi connectivity index (χ4v) is 2.07. The van der Waals surface area contributed by atoms with Gasteiger partial charge in [-0.2, -0.15) is 0 Å². The molecule has 0 bridgehead atoms. The average Bonchev–Trinajstić information content (AvgIpc) is 2.72. The van der Waals surface area contributed by atoms with Crippen molar-refractivity contribution in [2.75, 3.05) is 6.54 Å². The minimum Gasteiger partial charge on any atom is -0.384 e. The summed E-state index contributed by atoms with van der Waals surface area (Å²) < 4.78 is 0. The fraction of sp³-hybridized carbons (Fsp3) is 0.154. The SMILES string of the molecule is O=C1C=C(c2c[nH]c3ccccc23)NCC1. The van der Waals surface area contributed by atoms with Gasteiger partial charge < -0.3 is 10.3 Å². The van der Waals surface area contributed by atoms with Gasteiger partial charge in [-0.1, -0.05) is 18.2 Å². The van der Waals surface area contributed by atoms with Crippen LogP contribution >= 0.6 is 0 Å². The van der Waals surface area contributed by atoms with Crippen molar-refractivity contribution in [1.29, 1.82) is 0 Å². The van der Waals surface area contributed by atoms with Gasteiger partial charge in [-0.25, -0.2) is 0 Å². The van der Waals surface area contributed by atoms with E-state index < -0.39 is 0 Å². The summed E-state index contributed by atoms with van der Waals surface area (Å²) in [7, 11) is 0. The number of nitrogens with one attached hydrogen (secondary N) is 2. The van der Waals surface area contributed by atoms with Gasteiger partial charge in [0.25, 0.3) is 0 Å². The number of para-hydroxylation sites is 1. The predicted molar refractivity (Wildman–Crippen MR) is 63.9 cm³/mol. The van der Waals surface area contributed by atoms with Crippen LogP contribution in [0.4, 0.5) is 0 Å². The highest BCUT2D eigenvalue weighted by atomic mass is 16.1. The van der Waals surface area contributed by atoms with Crippen molar-refractivity contribution in [3.8, 4) is 0 Å². The molecule has 0 radical (unpaired) electrons. The number of benzene rings is 1. The lowest BCUT2D eigenvalue weighted by atomic mass is 10.1. The highest BCUT2D eigenvalue weighted by molar-refractivity contribution is 6.02. The number of aromatic amines is 1. The molecule has 1 aliphatic rings. The van der Waals surface area contributed by atoms with Gasteiger partial charge in [0.15, 0.2) is 5.78 Å². The third kappa shape index (κ3) is 1.41. The first kappa shape index (κ1) is 9.21. The standard InChI is InChI=1S/C13H12N2O/c16-9-5-6-14-13(7-9)11-8-15-12-4-2-1-3-10(11)12/h1-4,7-8,14-15H,5-6H2. The number of rotatable bonds is 1. The van der Waals surface area contributed by atoms with Crippen LogP contribution in [0.5, 0.6) is 0 Å². The van der Waals surface area contributed by atoms with Crippen molar-refractivity contribution in [2.45, 2.75) is 6.42 Å². The van der Waals surface area contributed by atoms with Crippen LogP contribution in [-0.2, 0) is 4.79 Å². The molecule has 1 aromatic carbocycles. The first-order chi connectivity index (χ1) is 7.84. The van der Waals surface area contributed by atoms with Crippen LogP contribution in [0, 0.1) is 0 Å². The van der Waals surface area contributed by atoms with Gasteiger partial charge in [-0.3, -0.25) is 4.79 Å². The second-order valence-corrected chi connectivity index (χ2v) is 3.95. The van der Waals surface area contributed by atoms with E-state index in [0.717, 1.165) is 28.7 Å². The molecule has 3 nitrogen and oxygen atoms in total. The van der Waals surface area contributed by atoms with Crippen molar-refractivity contribution in [3.05, 3.63) is 42.1 Å². The smallest absolute Gasteiger partial charge is 0.159 e. The Labute approximate surface area is 93.2 Å². The van der Waals surface area contributed by atoms with Gasteiger partial charge in [-0.15, -0.1) is 0 Å². The van der Waals surface area contributed by atoms with Crippen molar-refractivity contribution < 1.29 is 4.79 Å². The monoisotopic (exact) mass is 212 g/mol. The van der Waals surface area contributed by atoms with E-state index in [4.69, 9.17) is 0 Å². The Kier molecular flexibility index (Phi) is 2.03. The Bertz CT molecular complexity index is 580. The average molecular weight is 212 g/mol. The second-order valence-electron chi connectivity index (χ2n) is 3.95. The third-order valence-electron chi connectivity index (χ3n) is 2.87. The molecule has 0 spiro atoms. The Morgan fingerprint density at radius 3 is 2.94 bits per heavy atom. The number of H-pyrrole nitrogens is 1. The molecule has 16 heavy (non-hydrogen) atoms. The Morgan fingerprint density at radius 1 is 1.19 bits per heavy atom. The number of hydrogen-bond acceptors (Lipinski definition) is 2. The Morgan fingerprint density at radius 2 is 2.06 bits per heavy atom. The highest BCUT2D eigenvalue weighted by Gasteiger charge is 2.13. The molecule has 2 aromatic rings. The van der Waals surface area contributed by atoms with Crippen LogP contribution < -0.4 is 5.32 Å². The lowest BCUT2D eigenvalue weighted by molar-refractivity contribution is -0.114. The summed E-state index contributed by atoms with van der Waals surface area (Å²) in [5, 5.41) is 4.41. The van der Waals surface area contributed by atoms with Gasteiger partial charge >= 0.3 is 0 Å². The maximum Gasteiger partial charge on any atom is 0.159 e. The number of allylic oxidation sites excluding steroid dienone is 1. The second kappa shape index (κ2) is 3.52. The first-order valence-corrected chi connectivity index (χ1v) is 5.39. The van der Waals surface area contributed by atoms with Crippen LogP contribution in [0.1, 0.15) is 12.0 Å². The van der Waals surface area contributed by atoms with Crippen molar-refractivity contribution in [2.24, 2.45) is 0 Å². The summed E-state index contributed by atoms with van der Waals surface area (Å²) in [6.45, 7) is 0.726. The summed E-state index contributed by atoms with van der Waals surface area (Å²) in [5.41, 5.74) is 3.09. The largest absolute Gasteiger partial charge is 0.384 e. The molecule has 2 heterocycles. The molecule has 2 N–H and O–H groups in total. The lowest BCUT2D eigenvalue weighted by Crippen LogP contribution is -2.22. The molecule has 80 valence electrons. The first-order valence-electron chi connectivity index (χ1n) is 5.39. The fourth-order valence-electron chi connectivity index (χ4n) is 2.07. The van der Waals surface area contributed by atoms with Gasteiger partial charge in [0.05, 0.1) is 0 Å². The highest BCUT2D eigenvalue weighted by Crippen LogP contribution is 2.24.